The number of aromatic nitrogens is 2. The summed E-state index contributed by atoms with van der Waals surface area (Å²) in [5, 5.41) is 3.56. The highest BCUT2D eigenvalue weighted by atomic mass is 35.5. The highest BCUT2D eigenvalue weighted by Gasteiger charge is 2.30. The van der Waals surface area contributed by atoms with Gasteiger partial charge < -0.3 is 4.90 Å². The van der Waals surface area contributed by atoms with Crippen molar-refractivity contribution in [3.8, 4) is 11.1 Å². The molecule has 3 nitrogen and oxygen atoms in total. The van der Waals surface area contributed by atoms with Crippen LogP contribution in [0.3, 0.4) is 0 Å². The van der Waals surface area contributed by atoms with Crippen LogP contribution in [-0.2, 0) is 12.8 Å². The van der Waals surface area contributed by atoms with E-state index in [4.69, 9.17) is 16.6 Å². The normalized spacial score (nSPS) is 16.0. The maximum atomic E-state index is 6.33. The predicted molar refractivity (Wildman–Crippen MR) is 119 cm³/mol. The summed E-state index contributed by atoms with van der Waals surface area (Å²) in [4.78, 5) is 12.5. The Balaban J connectivity index is 1.74. The number of hydrogen-bond donors (Lipinski definition) is 0. The molecule has 0 amide bonds. The molecule has 0 saturated carbocycles. The molecular formula is C23H20ClN3S. The van der Waals surface area contributed by atoms with Gasteiger partial charge in [0.05, 0.1) is 5.39 Å². The summed E-state index contributed by atoms with van der Waals surface area (Å²) in [5.41, 5.74) is 6.26. The second kappa shape index (κ2) is 6.87. The number of fused-ring (bicyclic) bond motifs is 2. The predicted octanol–water partition coefficient (Wildman–Crippen LogP) is 6.66. The van der Waals surface area contributed by atoms with E-state index in [9.17, 15) is 0 Å². The monoisotopic (exact) mass is 405 g/mol. The van der Waals surface area contributed by atoms with Crippen molar-refractivity contribution in [1.82, 2.24) is 9.97 Å². The van der Waals surface area contributed by atoms with Gasteiger partial charge in [0.15, 0.2) is 0 Å². The summed E-state index contributed by atoms with van der Waals surface area (Å²) in [6.07, 6.45) is 2.04. The topological polar surface area (TPSA) is 29.0 Å². The minimum absolute atomic E-state index is 0.300. The van der Waals surface area contributed by atoms with Gasteiger partial charge in [-0.2, -0.15) is 4.98 Å². The molecule has 1 unspecified atom stereocenters. The third-order valence-corrected chi connectivity index (χ3v) is 6.54. The number of rotatable bonds is 3. The Labute approximate surface area is 173 Å². The smallest absolute Gasteiger partial charge is 0.225 e. The van der Waals surface area contributed by atoms with Crippen molar-refractivity contribution < 1.29 is 0 Å². The first-order valence-corrected chi connectivity index (χ1v) is 10.8. The highest BCUT2D eigenvalue weighted by molar-refractivity contribution is 7.17. The van der Waals surface area contributed by atoms with Gasteiger partial charge in [-0.15, -0.1) is 11.3 Å². The van der Waals surface area contributed by atoms with Gasteiger partial charge in [0, 0.05) is 22.7 Å². The van der Waals surface area contributed by atoms with Crippen LogP contribution in [0.2, 0.25) is 5.28 Å². The Morgan fingerprint density at radius 3 is 2.68 bits per heavy atom. The molecule has 0 bridgehead atoms. The fourth-order valence-corrected chi connectivity index (χ4v) is 5.25. The van der Waals surface area contributed by atoms with E-state index in [-0.39, 0.29) is 0 Å². The standard InChI is InChI=1S/C23H20ClN3S/c1-3-15-8-10-16(11-9-15)18-13-28-22-20(18)21(25-23(24)26-22)27-14(2)12-17-6-4-5-7-19(17)27/h4-11,13-14H,3,12H2,1-2H3. The van der Waals surface area contributed by atoms with Crippen molar-refractivity contribution in [3.05, 3.63) is 70.3 Å². The van der Waals surface area contributed by atoms with E-state index >= 15 is 0 Å². The maximum absolute atomic E-state index is 6.33. The third kappa shape index (κ3) is 2.79. The zero-order valence-corrected chi connectivity index (χ0v) is 17.4. The summed E-state index contributed by atoms with van der Waals surface area (Å²) >= 11 is 7.96. The van der Waals surface area contributed by atoms with Gasteiger partial charge >= 0.3 is 0 Å². The van der Waals surface area contributed by atoms with Crippen LogP contribution in [0.5, 0.6) is 0 Å². The zero-order valence-electron chi connectivity index (χ0n) is 15.8. The summed E-state index contributed by atoms with van der Waals surface area (Å²) < 4.78 is 0. The Bertz CT molecular complexity index is 1170. The molecule has 3 heterocycles. The highest BCUT2D eigenvalue weighted by Crippen LogP contribution is 2.45. The maximum Gasteiger partial charge on any atom is 0.225 e. The molecule has 5 rings (SSSR count). The molecule has 1 aliphatic heterocycles. The first-order chi connectivity index (χ1) is 13.7. The second-order valence-electron chi connectivity index (χ2n) is 7.25. The molecule has 1 aliphatic rings. The van der Waals surface area contributed by atoms with Crippen LogP contribution >= 0.6 is 22.9 Å². The molecule has 1 atom stereocenters. The van der Waals surface area contributed by atoms with Gasteiger partial charge in [0.1, 0.15) is 10.6 Å². The number of thiophene rings is 1. The Hall–Kier alpha value is -2.43. The second-order valence-corrected chi connectivity index (χ2v) is 8.44. The molecule has 2 aromatic heterocycles. The summed E-state index contributed by atoms with van der Waals surface area (Å²) in [6, 6.07) is 17.7. The minimum atomic E-state index is 0.300. The summed E-state index contributed by atoms with van der Waals surface area (Å²) in [6.45, 7) is 4.42. The van der Waals surface area contributed by atoms with Crippen LogP contribution in [0.15, 0.2) is 53.9 Å². The average molecular weight is 406 g/mol. The number of para-hydroxylation sites is 1. The van der Waals surface area contributed by atoms with Gasteiger partial charge in [0.2, 0.25) is 5.28 Å². The van der Waals surface area contributed by atoms with E-state index in [1.165, 1.54) is 27.9 Å². The van der Waals surface area contributed by atoms with Crippen LogP contribution in [-0.4, -0.2) is 16.0 Å². The van der Waals surface area contributed by atoms with Crippen LogP contribution in [0, 0.1) is 0 Å². The van der Waals surface area contributed by atoms with Gasteiger partial charge in [-0.1, -0.05) is 49.4 Å². The van der Waals surface area contributed by atoms with E-state index in [0.717, 1.165) is 28.9 Å². The van der Waals surface area contributed by atoms with Gasteiger partial charge in [-0.25, -0.2) is 4.98 Å². The lowest BCUT2D eigenvalue weighted by atomic mass is 10.0. The van der Waals surface area contributed by atoms with Crippen LogP contribution in [0.1, 0.15) is 25.0 Å². The fraction of sp³-hybridized carbons (Fsp3) is 0.217. The Kier molecular flexibility index (Phi) is 4.33. The lowest BCUT2D eigenvalue weighted by molar-refractivity contribution is 0.752. The molecule has 0 saturated heterocycles. The van der Waals surface area contributed by atoms with E-state index in [1.54, 1.807) is 11.3 Å². The molecule has 2 aromatic carbocycles. The lowest BCUT2D eigenvalue weighted by Crippen LogP contribution is -2.25. The van der Waals surface area contributed by atoms with Crippen LogP contribution in [0.25, 0.3) is 21.3 Å². The van der Waals surface area contributed by atoms with Crippen molar-refractivity contribution in [2.24, 2.45) is 0 Å². The average Bonchev–Trinajstić information content (AvgIpc) is 3.27. The molecule has 28 heavy (non-hydrogen) atoms. The molecule has 0 radical (unpaired) electrons. The van der Waals surface area contributed by atoms with Crippen molar-refractivity contribution in [2.75, 3.05) is 4.90 Å². The van der Waals surface area contributed by atoms with E-state index in [0.29, 0.717) is 11.3 Å². The molecule has 0 N–H and O–H groups in total. The first kappa shape index (κ1) is 17.7. The van der Waals surface area contributed by atoms with Crippen LogP contribution < -0.4 is 4.90 Å². The number of nitrogens with zero attached hydrogens (tertiary/aromatic N) is 3. The molecule has 140 valence electrons. The first-order valence-electron chi connectivity index (χ1n) is 9.57. The Morgan fingerprint density at radius 2 is 1.89 bits per heavy atom. The molecule has 4 aromatic rings. The molecule has 0 fully saturated rings. The number of benzene rings is 2. The largest absolute Gasteiger partial charge is 0.322 e. The molecule has 5 heteroatoms. The molecular weight excluding hydrogens is 386 g/mol. The SMILES string of the molecule is CCc1ccc(-c2csc3nc(Cl)nc(N4c5ccccc5CC4C)c23)cc1. The fourth-order valence-electron chi connectivity index (χ4n) is 4.09. The van der Waals surface area contributed by atoms with Crippen molar-refractivity contribution in [2.45, 2.75) is 32.7 Å². The van der Waals surface area contributed by atoms with E-state index < -0.39 is 0 Å². The third-order valence-electron chi connectivity index (χ3n) is 5.50. The van der Waals surface area contributed by atoms with Gasteiger partial charge in [0.25, 0.3) is 0 Å². The van der Waals surface area contributed by atoms with Crippen molar-refractivity contribution >= 4 is 44.7 Å². The van der Waals surface area contributed by atoms with Crippen molar-refractivity contribution in [3.63, 3.8) is 0 Å². The number of anilines is 2. The molecule has 0 spiro atoms. The Morgan fingerprint density at radius 1 is 1.11 bits per heavy atom. The number of aryl methyl sites for hydroxylation is 1. The summed E-state index contributed by atoms with van der Waals surface area (Å²) in [7, 11) is 0. The lowest BCUT2D eigenvalue weighted by Gasteiger charge is -2.25. The number of halogens is 1. The minimum Gasteiger partial charge on any atom is -0.322 e. The number of hydrogen-bond acceptors (Lipinski definition) is 4. The van der Waals surface area contributed by atoms with Gasteiger partial charge in [-0.05, 0) is 54.1 Å². The van der Waals surface area contributed by atoms with Crippen LogP contribution in [0.4, 0.5) is 11.5 Å². The van der Waals surface area contributed by atoms with Crippen molar-refractivity contribution in [1.29, 1.82) is 0 Å². The molecule has 0 aliphatic carbocycles. The summed E-state index contributed by atoms with van der Waals surface area (Å²) in [5.74, 6) is 0.906. The van der Waals surface area contributed by atoms with Gasteiger partial charge in [-0.3, -0.25) is 0 Å². The van der Waals surface area contributed by atoms with E-state index in [2.05, 4.69) is 77.6 Å². The quantitative estimate of drug-likeness (QED) is 0.357. The van der Waals surface area contributed by atoms with E-state index in [1.807, 2.05) is 0 Å². The zero-order chi connectivity index (χ0) is 19.3.